The van der Waals surface area contributed by atoms with Gasteiger partial charge in [-0.2, -0.15) is 0 Å². The topological polar surface area (TPSA) is 66.6 Å². The first-order valence-corrected chi connectivity index (χ1v) is 9.57. The lowest BCUT2D eigenvalue weighted by atomic mass is 9.80. The maximum atomic E-state index is 11.8. The fourth-order valence-corrected chi connectivity index (χ4v) is 4.89. The Balaban J connectivity index is 2.02. The van der Waals surface area contributed by atoms with Gasteiger partial charge in [0.15, 0.2) is 0 Å². The molecule has 2 N–H and O–H groups in total. The molecule has 0 spiro atoms. The lowest BCUT2D eigenvalue weighted by Gasteiger charge is -2.44. The van der Waals surface area contributed by atoms with Crippen molar-refractivity contribution in [2.75, 3.05) is 40.0 Å². The number of nitrogens with two attached hydrogens (primary N) is 1. The van der Waals surface area contributed by atoms with E-state index in [-0.39, 0.29) is 11.3 Å². The van der Waals surface area contributed by atoms with Crippen molar-refractivity contribution in [3.63, 3.8) is 0 Å². The quantitative estimate of drug-likeness (QED) is 0.805. The molecule has 0 aromatic heterocycles. The van der Waals surface area contributed by atoms with Gasteiger partial charge in [0, 0.05) is 38.0 Å². The summed E-state index contributed by atoms with van der Waals surface area (Å²) in [6.45, 7) is 3.10. The second kappa shape index (κ2) is 6.30. The standard InChI is InChI=1S/C14H29N3O2S/c1-16-7-8-17(2)13(10-16)14(15)11-5-4-6-12(9-11)20(3,18)19/h11-14H,4-10,15H2,1-3H3. The first kappa shape index (κ1) is 16.2. The average molecular weight is 303 g/mol. The van der Waals surface area contributed by atoms with Crippen LogP contribution in [0.5, 0.6) is 0 Å². The number of hydrogen-bond donors (Lipinski definition) is 1. The molecule has 2 aliphatic rings. The van der Waals surface area contributed by atoms with Crippen LogP contribution in [0.4, 0.5) is 0 Å². The summed E-state index contributed by atoms with van der Waals surface area (Å²) in [6.07, 6.45) is 4.98. The molecule has 0 aromatic rings. The molecule has 1 aliphatic heterocycles. The summed E-state index contributed by atoms with van der Waals surface area (Å²) in [5.74, 6) is 0.336. The van der Waals surface area contributed by atoms with Gasteiger partial charge in [-0.15, -0.1) is 0 Å². The SMILES string of the molecule is CN1CCN(C)C(C(N)C2CCCC(S(C)(=O)=O)C2)C1. The van der Waals surface area contributed by atoms with Crippen molar-refractivity contribution in [3.05, 3.63) is 0 Å². The van der Waals surface area contributed by atoms with Crippen LogP contribution in [0.2, 0.25) is 0 Å². The van der Waals surface area contributed by atoms with E-state index in [2.05, 4.69) is 23.9 Å². The maximum absolute atomic E-state index is 11.8. The molecule has 2 fully saturated rings. The van der Waals surface area contributed by atoms with Gasteiger partial charge in [0.05, 0.1) is 5.25 Å². The van der Waals surface area contributed by atoms with Crippen molar-refractivity contribution in [3.8, 4) is 0 Å². The molecule has 1 saturated heterocycles. The smallest absolute Gasteiger partial charge is 0.150 e. The Morgan fingerprint density at radius 1 is 1.20 bits per heavy atom. The van der Waals surface area contributed by atoms with Gasteiger partial charge in [0.2, 0.25) is 0 Å². The van der Waals surface area contributed by atoms with Gasteiger partial charge in [-0.3, -0.25) is 4.90 Å². The second-order valence-electron chi connectivity index (χ2n) is 6.77. The van der Waals surface area contributed by atoms with Gasteiger partial charge >= 0.3 is 0 Å². The fraction of sp³-hybridized carbons (Fsp3) is 1.00. The summed E-state index contributed by atoms with van der Waals surface area (Å²) in [4.78, 5) is 4.66. The zero-order valence-corrected chi connectivity index (χ0v) is 13.8. The minimum atomic E-state index is -2.93. The summed E-state index contributed by atoms with van der Waals surface area (Å²) < 4.78 is 23.6. The molecule has 0 radical (unpaired) electrons. The van der Waals surface area contributed by atoms with Crippen molar-refractivity contribution >= 4 is 9.84 Å². The molecule has 1 aliphatic carbocycles. The molecule has 4 unspecified atom stereocenters. The van der Waals surface area contributed by atoms with Crippen LogP contribution in [0.25, 0.3) is 0 Å². The highest BCUT2D eigenvalue weighted by Gasteiger charge is 2.37. The Bertz CT molecular complexity index is 426. The Morgan fingerprint density at radius 2 is 1.90 bits per heavy atom. The van der Waals surface area contributed by atoms with E-state index in [1.54, 1.807) is 0 Å². The van der Waals surface area contributed by atoms with E-state index < -0.39 is 9.84 Å². The fourth-order valence-electron chi connectivity index (χ4n) is 3.69. The van der Waals surface area contributed by atoms with E-state index in [1.807, 2.05) is 0 Å². The highest BCUT2D eigenvalue weighted by Crippen LogP contribution is 2.32. The molecule has 5 nitrogen and oxygen atoms in total. The Morgan fingerprint density at radius 3 is 2.55 bits per heavy atom. The minimum Gasteiger partial charge on any atom is -0.326 e. The zero-order chi connectivity index (χ0) is 14.9. The number of sulfone groups is 1. The van der Waals surface area contributed by atoms with Gasteiger partial charge in [-0.1, -0.05) is 6.42 Å². The monoisotopic (exact) mass is 303 g/mol. The lowest BCUT2D eigenvalue weighted by Crippen LogP contribution is -2.60. The number of rotatable bonds is 3. The summed E-state index contributed by atoms with van der Waals surface area (Å²) in [5.41, 5.74) is 6.52. The predicted molar refractivity (Wildman–Crippen MR) is 82.5 cm³/mol. The maximum Gasteiger partial charge on any atom is 0.150 e. The van der Waals surface area contributed by atoms with Crippen LogP contribution in [-0.2, 0) is 9.84 Å². The molecule has 20 heavy (non-hydrogen) atoms. The van der Waals surface area contributed by atoms with Crippen molar-refractivity contribution in [2.24, 2.45) is 11.7 Å². The predicted octanol–water partition coefficient (Wildman–Crippen LogP) is 0.163. The summed E-state index contributed by atoms with van der Waals surface area (Å²) in [5, 5.41) is -0.182. The van der Waals surface area contributed by atoms with Crippen molar-refractivity contribution < 1.29 is 8.42 Å². The summed E-state index contributed by atoms with van der Waals surface area (Å²) >= 11 is 0. The van der Waals surface area contributed by atoms with Gasteiger partial charge in [0.1, 0.15) is 9.84 Å². The van der Waals surface area contributed by atoms with Crippen molar-refractivity contribution in [1.29, 1.82) is 0 Å². The summed E-state index contributed by atoms with van der Waals surface area (Å²) in [6, 6.07) is 0.421. The molecule has 6 heteroatoms. The van der Waals surface area contributed by atoms with Crippen LogP contribution >= 0.6 is 0 Å². The highest BCUT2D eigenvalue weighted by atomic mass is 32.2. The lowest BCUT2D eigenvalue weighted by molar-refractivity contribution is 0.0753. The Labute approximate surface area is 123 Å². The molecule has 0 aromatic carbocycles. The van der Waals surface area contributed by atoms with E-state index in [1.165, 1.54) is 6.26 Å². The molecule has 1 saturated carbocycles. The van der Waals surface area contributed by atoms with Crippen LogP contribution in [-0.4, -0.2) is 75.5 Å². The van der Waals surface area contributed by atoms with E-state index in [0.717, 1.165) is 45.3 Å². The number of piperazine rings is 1. The zero-order valence-electron chi connectivity index (χ0n) is 13.0. The molecule has 0 bridgehead atoms. The van der Waals surface area contributed by atoms with Crippen LogP contribution < -0.4 is 5.73 Å². The average Bonchev–Trinajstić information content (AvgIpc) is 2.40. The van der Waals surface area contributed by atoms with Gasteiger partial charge in [0.25, 0.3) is 0 Å². The molecule has 4 atom stereocenters. The molecule has 118 valence electrons. The first-order chi connectivity index (χ1) is 9.29. The Kier molecular flexibility index (Phi) is 5.10. The third-order valence-corrected chi connectivity index (χ3v) is 6.80. The largest absolute Gasteiger partial charge is 0.326 e. The van der Waals surface area contributed by atoms with E-state index >= 15 is 0 Å². The van der Waals surface area contributed by atoms with E-state index in [0.29, 0.717) is 12.0 Å². The van der Waals surface area contributed by atoms with Crippen molar-refractivity contribution in [2.45, 2.75) is 43.0 Å². The van der Waals surface area contributed by atoms with Gasteiger partial charge < -0.3 is 10.6 Å². The van der Waals surface area contributed by atoms with Crippen molar-refractivity contribution in [1.82, 2.24) is 9.80 Å². The Hall–Kier alpha value is -0.170. The third kappa shape index (κ3) is 3.72. The number of hydrogen-bond acceptors (Lipinski definition) is 5. The second-order valence-corrected chi connectivity index (χ2v) is 9.09. The number of likely N-dealkylation sites (N-methyl/N-ethyl adjacent to an activating group) is 2. The van der Waals surface area contributed by atoms with Crippen LogP contribution in [0, 0.1) is 5.92 Å². The van der Waals surface area contributed by atoms with E-state index in [9.17, 15) is 8.42 Å². The van der Waals surface area contributed by atoms with Crippen LogP contribution in [0.3, 0.4) is 0 Å². The highest BCUT2D eigenvalue weighted by molar-refractivity contribution is 7.91. The molecular formula is C14H29N3O2S. The van der Waals surface area contributed by atoms with Gasteiger partial charge in [-0.05, 0) is 39.3 Å². The van der Waals surface area contributed by atoms with Gasteiger partial charge in [-0.25, -0.2) is 8.42 Å². The minimum absolute atomic E-state index is 0.0762. The van der Waals surface area contributed by atoms with E-state index in [4.69, 9.17) is 5.73 Å². The third-order valence-electron chi connectivity index (χ3n) is 5.16. The molecular weight excluding hydrogens is 274 g/mol. The summed E-state index contributed by atoms with van der Waals surface area (Å²) in [7, 11) is 1.34. The normalized spacial score (nSPS) is 35.9. The molecule has 1 heterocycles. The molecule has 0 amide bonds. The first-order valence-electron chi connectivity index (χ1n) is 7.62. The number of nitrogens with zero attached hydrogens (tertiary/aromatic N) is 2. The van der Waals surface area contributed by atoms with Crippen LogP contribution in [0.15, 0.2) is 0 Å². The molecule has 2 rings (SSSR count). The van der Waals surface area contributed by atoms with Crippen LogP contribution in [0.1, 0.15) is 25.7 Å².